The molecule has 2 aromatic carbocycles. The molecule has 27 heavy (non-hydrogen) atoms. The lowest BCUT2D eigenvalue weighted by Gasteiger charge is -2.07. The second kappa shape index (κ2) is 10.6. The number of aliphatic hydroxyl groups excluding tert-OH is 2. The Balaban J connectivity index is 2.02. The van der Waals surface area contributed by atoms with Crippen molar-refractivity contribution >= 4 is 23.7 Å². The Morgan fingerprint density at radius 1 is 0.926 bits per heavy atom. The maximum atomic E-state index is 12.0. The third kappa shape index (κ3) is 6.81. The van der Waals surface area contributed by atoms with Crippen molar-refractivity contribution in [2.75, 3.05) is 6.61 Å². The van der Waals surface area contributed by atoms with Crippen LogP contribution in [0, 0.1) is 0 Å². The summed E-state index contributed by atoms with van der Waals surface area (Å²) in [7, 11) is 0. The van der Waals surface area contributed by atoms with Crippen LogP contribution in [0.2, 0.25) is 0 Å². The van der Waals surface area contributed by atoms with E-state index in [1.165, 1.54) is 6.21 Å². The Labute approximate surface area is 156 Å². The van der Waals surface area contributed by atoms with Gasteiger partial charge in [-0.15, -0.1) is 0 Å². The third-order valence-corrected chi connectivity index (χ3v) is 3.41. The monoisotopic (exact) mass is 368 g/mol. The number of aliphatic hydroxyl groups is 2. The van der Waals surface area contributed by atoms with Crippen LogP contribution in [-0.4, -0.2) is 46.7 Å². The number of nitrogens with zero attached hydrogens (tertiary/aromatic N) is 2. The summed E-state index contributed by atoms with van der Waals surface area (Å²) in [5, 5.41) is 26.3. The smallest absolute Gasteiger partial charge is 0.271 e. The minimum absolute atomic E-state index is 0.0592. The van der Waals surface area contributed by atoms with Crippen molar-refractivity contribution in [1.82, 2.24) is 10.9 Å². The number of hydrogen-bond acceptors (Lipinski definition) is 6. The lowest BCUT2D eigenvalue weighted by Crippen LogP contribution is -2.25. The van der Waals surface area contributed by atoms with Crippen LogP contribution in [0.1, 0.15) is 27.1 Å². The molecule has 0 aliphatic heterocycles. The normalized spacial score (nSPS) is 12.6. The number of rotatable bonds is 8. The van der Waals surface area contributed by atoms with Crippen molar-refractivity contribution in [2.24, 2.45) is 10.2 Å². The summed E-state index contributed by atoms with van der Waals surface area (Å²) < 4.78 is 0. The minimum Gasteiger partial charge on any atom is -0.394 e. The van der Waals surface area contributed by atoms with Crippen LogP contribution in [0.15, 0.2) is 70.9 Å². The molecule has 1 unspecified atom stereocenters. The lowest BCUT2D eigenvalue weighted by atomic mass is 10.2. The van der Waals surface area contributed by atoms with Crippen LogP contribution in [-0.2, 0) is 0 Å². The van der Waals surface area contributed by atoms with Crippen LogP contribution in [0.5, 0.6) is 0 Å². The summed E-state index contributed by atoms with van der Waals surface area (Å²) in [5.41, 5.74) is 5.70. The topological polar surface area (TPSA) is 123 Å². The van der Waals surface area contributed by atoms with E-state index in [9.17, 15) is 14.7 Å². The van der Waals surface area contributed by atoms with Gasteiger partial charge in [0.15, 0.2) is 0 Å². The first-order chi connectivity index (χ1) is 13.1. The molecular formula is C19H20N4O4. The van der Waals surface area contributed by atoms with E-state index in [-0.39, 0.29) is 12.1 Å². The number of benzene rings is 2. The zero-order chi connectivity index (χ0) is 19.5. The van der Waals surface area contributed by atoms with Gasteiger partial charge in [0.25, 0.3) is 11.8 Å². The minimum atomic E-state index is -1.08. The average molecular weight is 368 g/mol. The van der Waals surface area contributed by atoms with Gasteiger partial charge in [-0.2, -0.15) is 10.2 Å². The average Bonchev–Trinajstić information content (AvgIpc) is 2.72. The molecule has 0 saturated heterocycles. The highest BCUT2D eigenvalue weighted by Crippen LogP contribution is 1.99. The Hall–Kier alpha value is -3.36. The van der Waals surface area contributed by atoms with Crippen LogP contribution in [0.3, 0.4) is 0 Å². The molecule has 0 radical (unpaired) electrons. The van der Waals surface area contributed by atoms with Crippen molar-refractivity contribution in [3.63, 3.8) is 0 Å². The van der Waals surface area contributed by atoms with E-state index in [1.54, 1.807) is 60.7 Å². The Kier molecular flexibility index (Phi) is 7.83. The zero-order valence-electron chi connectivity index (χ0n) is 14.4. The predicted molar refractivity (Wildman–Crippen MR) is 101 cm³/mol. The number of amides is 2. The van der Waals surface area contributed by atoms with Gasteiger partial charge >= 0.3 is 0 Å². The molecule has 8 nitrogen and oxygen atoms in total. The summed E-state index contributed by atoms with van der Waals surface area (Å²) in [5.74, 6) is -0.851. The summed E-state index contributed by atoms with van der Waals surface area (Å²) in [6, 6.07) is 17.0. The maximum absolute atomic E-state index is 12.0. The standard InChI is InChI=1S/C19H20N4O4/c24-13-17(25)11-16(21-23-19(27)15-9-5-2-6-10-15)12-20-22-18(26)14-7-3-1-4-8-14/h1-10,12,17,24-25H,11,13H2,(H,22,26)(H,23,27)/b20-12+,21-16+. The molecule has 2 aromatic rings. The molecule has 2 amide bonds. The van der Waals surface area contributed by atoms with Crippen molar-refractivity contribution in [1.29, 1.82) is 0 Å². The van der Waals surface area contributed by atoms with E-state index < -0.39 is 24.5 Å². The zero-order valence-corrected chi connectivity index (χ0v) is 14.4. The van der Waals surface area contributed by atoms with Gasteiger partial charge in [0.1, 0.15) is 0 Å². The van der Waals surface area contributed by atoms with E-state index >= 15 is 0 Å². The second-order valence-electron chi connectivity index (χ2n) is 5.52. The third-order valence-electron chi connectivity index (χ3n) is 3.41. The van der Waals surface area contributed by atoms with Gasteiger partial charge in [-0.05, 0) is 24.3 Å². The first-order valence-electron chi connectivity index (χ1n) is 8.19. The van der Waals surface area contributed by atoms with Crippen LogP contribution < -0.4 is 10.9 Å². The van der Waals surface area contributed by atoms with E-state index in [2.05, 4.69) is 21.1 Å². The molecule has 0 fully saturated rings. The molecule has 0 aliphatic carbocycles. The van der Waals surface area contributed by atoms with E-state index in [4.69, 9.17) is 5.11 Å². The van der Waals surface area contributed by atoms with Crippen molar-refractivity contribution in [3.05, 3.63) is 71.8 Å². The van der Waals surface area contributed by atoms with Crippen LogP contribution in [0.25, 0.3) is 0 Å². The Morgan fingerprint density at radius 3 is 1.96 bits per heavy atom. The molecule has 0 spiro atoms. The van der Waals surface area contributed by atoms with E-state index in [0.29, 0.717) is 11.1 Å². The number of carbonyl (C=O) groups is 2. The highest BCUT2D eigenvalue weighted by atomic mass is 16.3. The number of hydrogen-bond donors (Lipinski definition) is 4. The molecule has 140 valence electrons. The van der Waals surface area contributed by atoms with Crippen molar-refractivity contribution < 1.29 is 19.8 Å². The molecule has 1 atom stereocenters. The van der Waals surface area contributed by atoms with Gasteiger partial charge in [0.05, 0.1) is 24.6 Å². The number of nitrogens with one attached hydrogen (secondary N) is 2. The number of hydrazone groups is 2. The summed E-state index contributed by atoms with van der Waals surface area (Å²) >= 11 is 0. The summed E-state index contributed by atoms with van der Waals surface area (Å²) in [6.07, 6.45) is 0.0648. The fraction of sp³-hybridized carbons (Fsp3) is 0.158. The maximum Gasteiger partial charge on any atom is 0.271 e. The van der Waals surface area contributed by atoms with Gasteiger partial charge in [0.2, 0.25) is 0 Å². The molecule has 2 rings (SSSR count). The summed E-state index contributed by atoms with van der Waals surface area (Å²) in [6.45, 7) is -0.476. The highest BCUT2D eigenvalue weighted by molar-refractivity contribution is 6.31. The fourth-order valence-corrected chi connectivity index (χ4v) is 2.03. The molecule has 0 aliphatic rings. The van der Waals surface area contributed by atoms with Crippen molar-refractivity contribution in [3.8, 4) is 0 Å². The van der Waals surface area contributed by atoms with Gasteiger partial charge in [-0.25, -0.2) is 10.9 Å². The van der Waals surface area contributed by atoms with Crippen LogP contribution in [0.4, 0.5) is 0 Å². The molecule has 0 heterocycles. The highest BCUT2D eigenvalue weighted by Gasteiger charge is 2.09. The molecule has 0 aromatic heterocycles. The van der Waals surface area contributed by atoms with E-state index in [0.717, 1.165) is 0 Å². The van der Waals surface area contributed by atoms with E-state index in [1.807, 2.05) is 0 Å². The quantitative estimate of drug-likeness (QED) is 0.409. The predicted octanol–water partition coefficient (Wildman–Crippen LogP) is 0.932. The SMILES string of the molecule is O=C(N/N=C/C(CC(O)CO)=N/NC(=O)c1ccccc1)c1ccccc1. The first kappa shape index (κ1) is 20.0. The van der Waals surface area contributed by atoms with Gasteiger partial charge in [0, 0.05) is 17.5 Å². The number of carbonyl (C=O) groups excluding carboxylic acids is 2. The first-order valence-corrected chi connectivity index (χ1v) is 8.19. The Bertz CT molecular complexity index is 807. The lowest BCUT2D eigenvalue weighted by molar-refractivity contribution is 0.0944. The van der Waals surface area contributed by atoms with Gasteiger partial charge in [-0.3, -0.25) is 9.59 Å². The van der Waals surface area contributed by atoms with Gasteiger partial charge < -0.3 is 10.2 Å². The fourth-order valence-electron chi connectivity index (χ4n) is 2.03. The second-order valence-corrected chi connectivity index (χ2v) is 5.52. The molecule has 4 N–H and O–H groups in total. The summed E-state index contributed by atoms with van der Waals surface area (Å²) in [4.78, 5) is 24.0. The molecular weight excluding hydrogens is 348 g/mol. The van der Waals surface area contributed by atoms with Gasteiger partial charge in [-0.1, -0.05) is 36.4 Å². The van der Waals surface area contributed by atoms with Crippen molar-refractivity contribution in [2.45, 2.75) is 12.5 Å². The Morgan fingerprint density at radius 2 is 1.44 bits per heavy atom. The largest absolute Gasteiger partial charge is 0.394 e. The molecule has 0 saturated carbocycles. The van der Waals surface area contributed by atoms with Crippen LogP contribution >= 0.6 is 0 Å². The molecule has 8 heteroatoms. The molecule has 0 bridgehead atoms.